The van der Waals surface area contributed by atoms with Gasteiger partial charge < -0.3 is 5.32 Å². The molecule has 6 rings (SSSR count). The second-order valence-corrected chi connectivity index (χ2v) is 8.23. The normalized spacial score (nSPS) is 36.1. The molecule has 6 atom stereocenters. The first-order valence-corrected chi connectivity index (χ1v) is 9.51. The van der Waals surface area contributed by atoms with E-state index >= 15 is 0 Å². The maximum absolute atomic E-state index is 12.8. The van der Waals surface area contributed by atoms with Crippen molar-refractivity contribution in [3.8, 4) is 0 Å². The van der Waals surface area contributed by atoms with Crippen molar-refractivity contribution in [1.29, 1.82) is 0 Å². The Labute approximate surface area is 156 Å². The number of carbonyl (C=O) groups is 3. The Morgan fingerprint density at radius 3 is 2.38 bits per heavy atom. The van der Waals surface area contributed by atoms with Gasteiger partial charge in [-0.3, -0.25) is 19.3 Å². The number of hydrogen-bond acceptors (Lipinski definition) is 3. The molecule has 5 aliphatic rings. The van der Waals surface area contributed by atoms with Gasteiger partial charge in [-0.15, -0.1) is 0 Å². The highest BCUT2D eigenvalue weighted by Crippen LogP contribution is 2.65. The van der Waals surface area contributed by atoms with Crippen molar-refractivity contribution in [3.05, 3.63) is 41.4 Å². The zero-order valence-electron chi connectivity index (χ0n) is 14.1. The van der Waals surface area contributed by atoms with E-state index in [0.29, 0.717) is 22.5 Å². The summed E-state index contributed by atoms with van der Waals surface area (Å²) in [5.74, 6) is 0.832. The monoisotopic (exact) mass is 370 g/mol. The lowest BCUT2D eigenvalue weighted by Crippen LogP contribution is -2.40. The minimum atomic E-state index is -0.230. The van der Waals surface area contributed by atoms with Crippen molar-refractivity contribution in [2.24, 2.45) is 35.5 Å². The van der Waals surface area contributed by atoms with E-state index in [0.717, 1.165) is 6.42 Å². The number of benzene rings is 1. The molecule has 3 amide bonds. The van der Waals surface area contributed by atoms with E-state index in [1.807, 2.05) is 0 Å². The molecule has 2 bridgehead atoms. The first kappa shape index (κ1) is 16.1. The van der Waals surface area contributed by atoms with E-state index in [-0.39, 0.29) is 54.4 Å². The second kappa shape index (κ2) is 5.68. The number of hydrogen-bond donors (Lipinski definition) is 1. The van der Waals surface area contributed by atoms with E-state index in [4.69, 9.17) is 11.6 Å². The van der Waals surface area contributed by atoms with Crippen LogP contribution in [0.3, 0.4) is 0 Å². The van der Waals surface area contributed by atoms with Gasteiger partial charge in [0, 0.05) is 23.7 Å². The SMILES string of the molecule is O=C(CCN1C(=O)[C@@H]2[C@H]3C=C[C@@H]([C@@H]4C[C@H]34)[C@@H]2C1=O)Nc1cccc(Cl)c1. The van der Waals surface area contributed by atoms with E-state index in [1.54, 1.807) is 24.3 Å². The molecule has 134 valence electrons. The number of nitrogens with zero attached hydrogens (tertiary/aromatic N) is 1. The highest BCUT2D eigenvalue weighted by atomic mass is 35.5. The highest BCUT2D eigenvalue weighted by molar-refractivity contribution is 6.30. The third kappa shape index (κ3) is 2.33. The minimum Gasteiger partial charge on any atom is -0.326 e. The zero-order chi connectivity index (χ0) is 18.0. The first-order valence-electron chi connectivity index (χ1n) is 9.13. The lowest BCUT2D eigenvalue weighted by atomic mass is 9.63. The summed E-state index contributed by atoms with van der Waals surface area (Å²) in [6.07, 6.45) is 5.55. The fourth-order valence-corrected chi connectivity index (χ4v) is 5.43. The molecule has 3 fully saturated rings. The van der Waals surface area contributed by atoms with Crippen LogP contribution in [0.1, 0.15) is 12.8 Å². The summed E-state index contributed by atoms with van der Waals surface area (Å²) in [7, 11) is 0. The third-order valence-corrected chi connectivity index (χ3v) is 6.66. The van der Waals surface area contributed by atoms with Crippen LogP contribution in [0.5, 0.6) is 0 Å². The van der Waals surface area contributed by atoms with Crippen LogP contribution in [0.2, 0.25) is 5.02 Å². The second-order valence-electron chi connectivity index (χ2n) is 7.79. The van der Waals surface area contributed by atoms with Gasteiger partial charge in [-0.1, -0.05) is 29.8 Å². The van der Waals surface area contributed by atoms with Crippen LogP contribution in [0.15, 0.2) is 36.4 Å². The van der Waals surface area contributed by atoms with Crippen LogP contribution in [0, 0.1) is 35.5 Å². The van der Waals surface area contributed by atoms with Crippen molar-refractivity contribution >= 4 is 35.0 Å². The average molecular weight is 371 g/mol. The van der Waals surface area contributed by atoms with E-state index in [1.165, 1.54) is 4.90 Å². The first-order chi connectivity index (χ1) is 12.5. The Bertz CT molecular complexity index is 815. The summed E-state index contributed by atoms with van der Waals surface area (Å²) in [4.78, 5) is 39.2. The van der Waals surface area contributed by atoms with Gasteiger partial charge in [0.2, 0.25) is 17.7 Å². The quantitative estimate of drug-likeness (QED) is 0.654. The van der Waals surface area contributed by atoms with E-state index < -0.39 is 0 Å². The molecule has 1 saturated heterocycles. The number of likely N-dealkylation sites (tertiary alicyclic amines) is 1. The Balaban J connectivity index is 1.25. The van der Waals surface area contributed by atoms with Crippen LogP contribution in [0.4, 0.5) is 5.69 Å². The molecule has 0 aromatic heterocycles. The molecule has 0 radical (unpaired) electrons. The predicted octanol–water partition coefficient (Wildman–Crippen LogP) is 2.72. The summed E-state index contributed by atoms with van der Waals surface area (Å²) in [6, 6.07) is 6.90. The van der Waals surface area contributed by atoms with Gasteiger partial charge in [0.25, 0.3) is 0 Å². The van der Waals surface area contributed by atoms with Gasteiger partial charge in [-0.05, 0) is 48.3 Å². The van der Waals surface area contributed by atoms with Crippen molar-refractivity contribution < 1.29 is 14.4 Å². The summed E-state index contributed by atoms with van der Waals surface area (Å²) in [5.41, 5.74) is 0.609. The van der Waals surface area contributed by atoms with Gasteiger partial charge in [0.1, 0.15) is 0 Å². The number of rotatable bonds is 4. The zero-order valence-corrected chi connectivity index (χ0v) is 14.9. The summed E-state index contributed by atoms with van der Waals surface area (Å²) in [5, 5.41) is 3.30. The minimum absolute atomic E-state index is 0.0831. The molecule has 6 heteroatoms. The lowest BCUT2D eigenvalue weighted by molar-refractivity contribution is -0.140. The topological polar surface area (TPSA) is 66.5 Å². The molecule has 0 unspecified atom stereocenters. The molecule has 1 aliphatic heterocycles. The smallest absolute Gasteiger partial charge is 0.233 e. The van der Waals surface area contributed by atoms with Crippen LogP contribution in [0.25, 0.3) is 0 Å². The molecule has 0 spiro atoms. The Morgan fingerprint density at radius 1 is 1.12 bits per heavy atom. The van der Waals surface area contributed by atoms with Crippen LogP contribution in [-0.4, -0.2) is 29.2 Å². The standard InChI is InChI=1S/C20H19ClN2O3/c21-10-2-1-3-11(8-10)22-16(24)6-7-23-19(25)17-12-4-5-13(15-9-14(12)15)18(17)20(23)26/h1-5,8,12-15,17-18H,6-7,9H2,(H,22,24)/t12-,13-,14-,15+,17-,18+/m0/s1. The number of allylic oxidation sites excluding steroid dienone is 2. The van der Waals surface area contributed by atoms with Gasteiger partial charge in [-0.2, -0.15) is 0 Å². The van der Waals surface area contributed by atoms with Crippen LogP contribution in [-0.2, 0) is 14.4 Å². The molecule has 4 aliphatic carbocycles. The maximum atomic E-state index is 12.8. The van der Waals surface area contributed by atoms with Crippen molar-refractivity contribution in [1.82, 2.24) is 4.90 Å². The van der Waals surface area contributed by atoms with Crippen molar-refractivity contribution in [2.45, 2.75) is 12.8 Å². The van der Waals surface area contributed by atoms with Gasteiger partial charge in [0.05, 0.1) is 11.8 Å². The summed E-state index contributed by atoms with van der Waals surface area (Å²) >= 11 is 5.91. The maximum Gasteiger partial charge on any atom is 0.233 e. The Morgan fingerprint density at radius 2 is 1.77 bits per heavy atom. The van der Waals surface area contributed by atoms with Crippen LogP contribution >= 0.6 is 11.6 Å². The van der Waals surface area contributed by atoms with Gasteiger partial charge in [-0.25, -0.2) is 0 Å². The predicted molar refractivity (Wildman–Crippen MR) is 96.1 cm³/mol. The molecule has 1 N–H and O–H groups in total. The van der Waals surface area contributed by atoms with Gasteiger partial charge >= 0.3 is 0 Å². The fraction of sp³-hybridized carbons (Fsp3) is 0.450. The number of nitrogens with one attached hydrogen (secondary N) is 1. The van der Waals surface area contributed by atoms with Crippen LogP contribution < -0.4 is 5.32 Å². The molecular formula is C20H19ClN2O3. The number of amides is 3. The molecular weight excluding hydrogens is 352 g/mol. The van der Waals surface area contributed by atoms with E-state index in [9.17, 15) is 14.4 Å². The molecule has 26 heavy (non-hydrogen) atoms. The average Bonchev–Trinajstić information content (AvgIpc) is 3.39. The molecule has 1 aromatic carbocycles. The van der Waals surface area contributed by atoms with E-state index in [2.05, 4.69) is 17.5 Å². The molecule has 5 nitrogen and oxygen atoms in total. The molecule has 1 heterocycles. The Kier molecular flexibility index (Phi) is 3.51. The highest BCUT2D eigenvalue weighted by Gasteiger charge is 2.66. The molecule has 1 aromatic rings. The molecule has 2 saturated carbocycles. The Hall–Kier alpha value is -2.14. The van der Waals surface area contributed by atoms with Gasteiger partial charge in [0.15, 0.2) is 0 Å². The van der Waals surface area contributed by atoms with Crippen molar-refractivity contribution in [3.63, 3.8) is 0 Å². The summed E-state index contributed by atoms with van der Waals surface area (Å²) < 4.78 is 0. The fourth-order valence-electron chi connectivity index (χ4n) is 5.24. The largest absolute Gasteiger partial charge is 0.326 e. The number of imide groups is 1. The number of anilines is 1. The summed E-state index contributed by atoms with van der Waals surface area (Å²) in [6.45, 7) is 0.145. The number of halogens is 1. The third-order valence-electron chi connectivity index (χ3n) is 6.42. The number of carbonyl (C=O) groups excluding carboxylic acids is 3. The van der Waals surface area contributed by atoms with Crippen molar-refractivity contribution in [2.75, 3.05) is 11.9 Å². The lowest BCUT2D eigenvalue weighted by Gasteiger charge is -2.37.